The van der Waals surface area contributed by atoms with E-state index in [0.717, 1.165) is 35.8 Å². The summed E-state index contributed by atoms with van der Waals surface area (Å²) in [6.45, 7) is 0. The zero-order chi connectivity index (χ0) is 18.0. The third-order valence-corrected chi connectivity index (χ3v) is 5.59. The smallest absolute Gasteiger partial charge is 0.202 e. The second-order valence-corrected chi connectivity index (χ2v) is 7.22. The SMILES string of the molecule is COc1ccc(NC2=NC(=S)N(c3ccccc3)C23CCCCC3)cc1. The molecule has 0 aromatic heterocycles. The Labute approximate surface area is 159 Å². The molecule has 1 N–H and O–H groups in total. The van der Waals surface area contributed by atoms with E-state index < -0.39 is 0 Å². The molecule has 1 spiro atoms. The van der Waals surface area contributed by atoms with Crippen molar-refractivity contribution in [1.29, 1.82) is 0 Å². The molecule has 1 aliphatic carbocycles. The van der Waals surface area contributed by atoms with Crippen LogP contribution in [0.3, 0.4) is 0 Å². The van der Waals surface area contributed by atoms with Gasteiger partial charge in [0.25, 0.3) is 0 Å². The maximum Gasteiger partial charge on any atom is 0.202 e. The first kappa shape index (κ1) is 17.0. The molecule has 1 heterocycles. The zero-order valence-corrected chi connectivity index (χ0v) is 15.8. The van der Waals surface area contributed by atoms with E-state index in [1.807, 2.05) is 30.3 Å². The third-order valence-electron chi connectivity index (χ3n) is 5.32. The van der Waals surface area contributed by atoms with Crippen LogP contribution in [0.5, 0.6) is 5.75 Å². The molecule has 4 rings (SSSR count). The summed E-state index contributed by atoms with van der Waals surface area (Å²) >= 11 is 5.69. The normalized spacial score (nSPS) is 18.7. The molecule has 4 nitrogen and oxygen atoms in total. The summed E-state index contributed by atoms with van der Waals surface area (Å²) in [6.07, 6.45) is 5.77. The van der Waals surface area contributed by atoms with E-state index in [1.165, 1.54) is 19.3 Å². The number of hydrogen-bond donors (Lipinski definition) is 1. The standard InChI is InChI=1S/C21H23N3OS/c1-25-18-12-10-16(11-13-18)22-19-21(14-6-3-7-15-21)24(20(26)23-19)17-8-4-2-5-9-17/h2,4-5,8-13H,3,6-7,14-15H2,1H3,(H,22,23,26). The van der Waals surface area contributed by atoms with E-state index in [4.69, 9.17) is 21.9 Å². The van der Waals surface area contributed by atoms with Crippen LogP contribution in [0.2, 0.25) is 0 Å². The first-order chi connectivity index (χ1) is 12.7. The minimum atomic E-state index is -0.170. The highest BCUT2D eigenvalue weighted by atomic mass is 32.1. The highest BCUT2D eigenvalue weighted by Gasteiger charge is 2.49. The quantitative estimate of drug-likeness (QED) is 0.776. The summed E-state index contributed by atoms with van der Waals surface area (Å²) in [5.41, 5.74) is 1.96. The average molecular weight is 366 g/mol. The van der Waals surface area contributed by atoms with Crippen LogP contribution < -0.4 is 15.0 Å². The van der Waals surface area contributed by atoms with E-state index in [2.05, 4.69) is 34.5 Å². The van der Waals surface area contributed by atoms with Crippen LogP contribution in [0, 0.1) is 0 Å². The fourth-order valence-electron chi connectivity index (χ4n) is 4.03. The van der Waals surface area contributed by atoms with Crippen molar-refractivity contribution in [1.82, 2.24) is 0 Å². The highest BCUT2D eigenvalue weighted by molar-refractivity contribution is 7.80. The van der Waals surface area contributed by atoms with E-state index in [1.54, 1.807) is 7.11 Å². The summed E-state index contributed by atoms with van der Waals surface area (Å²) in [5.74, 6) is 1.81. The van der Waals surface area contributed by atoms with Crippen LogP contribution in [-0.2, 0) is 0 Å². The Bertz CT molecular complexity index is 811. The summed E-state index contributed by atoms with van der Waals surface area (Å²) < 4.78 is 5.25. The van der Waals surface area contributed by atoms with Crippen LogP contribution in [0.25, 0.3) is 0 Å². The molecule has 1 fully saturated rings. The van der Waals surface area contributed by atoms with Crippen molar-refractivity contribution in [3.63, 3.8) is 0 Å². The van der Waals surface area contributed by atoms with Crippen LogP contribution in [0.1, 0.15) is 32.1 Å². The van der Waals surface area contributed by atoms with Gasteiger partial charge in [-0.05, 0) is 61.5 Å². The molecule has 0 bridgehead atoms. The maximum absolute atomic E-state index is 5.69. The molecular formula is C21H23N3OS. The van der Waals surface area contributed by atoms with Crippen LogP contribution in [0.15, 0.2) is 59.6 Å². The van der Waals surface area contributed by atoms with Crippen molar-refractivity contribution in [2.45, 2.75) is 37.6 Å². The number of amidine groups is 1. The van der Waals surface area contributed by atoms with E-state index in [-0.39, 0.29) is 5.54 Å². The number of rotatable bonds is 3. The topological polar surface area (TPSA) is 36.9 Å². The van der Waals surface area contributed by atoms with Gasteiger partial charge in [0.05, 0.1) is 7.11 Å². The lowest BCUT2D eigenvalue weighted by molar-refractivity contribution is 0.386. The van der Waals surface area contributed by atoms with E-state index in [9.17, 15) is 0 Å². The Balaban J connectivity index is 1.68. The Morgan fingerprint density at radius 3 is 2.35 bits per heavy atom. The number of para-hydroxylation sites is 1. The number of nitrogens with zero attached hydrogens (tertiary/aromatic N) is 2. The molecule has 0 saturated heterocycles. The van der Waals surface area contributed by atoms with Crippen LogP contribution >= 0.6 is 12.2 Å². The van der Waals surface area contributed by atoms with Gasteiger partial charge in [0, 0.05) is 11.4 Å². The molecule has 0 atom stereocenters. The second kappa shape index (κ2) is 7.08. The minimum absolute atomic E-state index is 0.170. The number of aliphatic imine (C=N–C) groups is 1. The summed E-state index contributed by atoms with van der Waals surface area (Å²) in [6, 6.07) is 18.3. The number of methoxy groups -OCH3 is 1. The first-order valence-electron chi connectivity index (χ1n) is 9.12. The lowest BCUT2D eigenvalue weighted by Crippen LogP contribution is -2.55. The molecule has 0 unspecified atom stereocenters. The van der Waals surface area contributed by atoms with Gasteiger partial charge in [0.15, 0.2) is 0 Å². The second-order valence-electron chi connectivity index (χ2n) is 6.86. The number of anilines is 2. The van der Waals surface area contributed by atoms with E-state index >= 15 is 0 Å². The third kappa shape index (κ3) is 2.97. The summed E-state index contributed by atoms with van der Waals surface area (Å²) in [4.78, 5) is 7.05. The largest absolute Gasteiger partial charge is 0.497 e. The van der Waals surface area contributed by atoms with Crippen LogP contribution in [-0.4, -0.2) is 23.6 Å². The molecule has 2 aromatic carbocycles. The predicted molar refractivity (Wildman–Crippen MR) is 111 cm³/mol. The predicted octanol–water partition coefficient (Wildman–Crippen LogP) is 5.01. The molecule has 1 aliphatic heterocycles. The monoisotopic (exact) mass is 365 g/mol. The fourth-order valence-corrected chi connectivity index (χ4v) is 4.40. The minimum Gasteiger partial charge on any atom is -0.497 e. The van der Waals surface area contributed by atoms with Gasteiger partial charge in [-0.1, -0.05) is 37.5 Å². The molecule has 2 aliphatic rings. The molecule has 2 aromatic rings. The summed E-state index contributed by atoms with van der Waals surface area (Å²) in [5, 5.41) is 4.20. The fraction of sp³-hybridized carbons (Fsp3) is 0.333. The van der Waals surface area contributed by atoms with Crippen molar-refractivity contribution in [3.05, 3.63) is 54.6 Å². The van der Waals surface area contributed by atoms with Crippen molar-refractivity contribution < 1.29 is 4.74 Å². The Kier molecular flexibility index (Phi) is 4.64. The summed E-state index contributed by atoms with van der Waals surface area (Å²) in [7, 11) is 1.68. The van der Waals surface area contributed by atoms with Gasteiger partial charge in [-0.2, -0.15) is 0 Å². The van der Waals surface area contributed by atoms with Gasteiger partial charge in [-0.15, -0.1) is 0 Å². The molecule has 1 saturated carbocycles. The van der Waals surface area contributed by atoms with Crippen molar-refractivity contribution in [2.75, 3.05) is 17.3 Å². The highest BCUT2D eigenvalue weighted by Crippen LogP contribution is 2.42. The molecule has 0 radical (unpaired) electrons. The van der Waals surface area contributed by atoms with Gasteiger partial charge >= 0.3 is 0 Å². The molecule has 0 amide bonds. The van der Waals surface area contributed by atoms with Crippen molar-refractivity contribution in [3.8, 4) is 5.75 Å². The number of thiocarbonyl (C=S) groups is 1. The van der Waals surface area contributed by atoms with Gasteiger partial charge in [0.2, 0.25) is 5.11 Å². The maximum atomic E-state index is 5.69. The first-order valence-corrected chi connectivity index (χ1v) is 9.53. The lowest BCUT2D eigenvalue weighted by atomic mass is 9.79. The average Bonchev–Trinajstić information content (AvgIpc) is 2.94. The molecule has 26 heavy (non-hydrogen) atoms. The molecular weight excluding hydrogens is 342 g/mol. The van der Waals surface area contributed by atoms with E-state index in [0.29, 0.717) is 5.11 Å². The Hall–Kier alpha value is -2.40. The van der Waals surface area contributed by atoms with Gasteiger partial charge in [0.1, 0.15) is 17.1 Å². The number of benzene rings is 2. The number of ether oxygens (including phenoxy) is 1. The van der Waals surface area contributed by atoms with Crippen molar-refractivity contribution >= 4 is 34.5 Å². The van der Waals surface area contributed by atoms with Crippen molar-refractivity contribution in [2.24, 2.45) is 4.99 Å². The number of nitrogens with one attached hydrogen (secondary N) is 1. The molecule has 134 valence electrons. The lowest BCUT2D eigenvalue weighted by Gasteiger charge is -2.42. The van der Waals surface area contributed by atoms with Gasteiger partial charge in [-0.25, -0.2) is 4.99 Å². The zero-order valence-electron chi connectivity index (χ0n) is 14.9. The van der Waals surface area contributed by atoms with Crippen LogP contribution in [0.4, 0.5) is 11.4 Å². The Morgan fingerprint density at radius 2 is 1.69 bits per heavy atom. The molecule has 5 heteroatoms. The van der Waals surface area contributed by atoms with Gasteiger partial charge < -0.3 is 15.0 Å². The number of hydrogen-bond acceptors (Lipinski definition) is 3. The Morgan fingerprint density at radius 1 is 1.00 bits per heavy atom. The van der Waals surface area contributed by atoms with Gasteiger partial charge in [-0.3, -0.25) is 0 Å².